The van der Waals surface area contributed by atoms with E-state index in [0.29, 0.717) is 30.3 Å². The van der Waals surface area contributed by atoms with Crippen molar-refractivity contribution in [2.45, 2.75) is 0 Å². The number of carbonyl (C=O) groups is 1. The second-order valence-corrected chi connectivity index (χ2v) is 3.98. The molecule has 0 aliphatic carbocycles. The van der Waals surface area contributed by atoms with Crippen LogP contribution >= 0.6 is 0 Å². The van der Waals surface area contributed by atoms with Crippen LogP contribution in [0.4, 0.5) is 5.69 Å². The molecule has 0 saturated carbocycles. The second kappa shape index (κ2) is 6.01. The van der Waals surface area contributed by atoms with Gasteiger partial charge in [-0.25, -0.2) is 4.98 Å². The number of hydrogen-bond acceptors (Lipinski definition) is 4. The van der Waals surface area contributed by atoms with E-state index in [2.05, 4.69) is 10.3 Å². The molecule has 6 nitrogen and oxygen atoms in total. The van der Waals surface area contributed by atoms with E-state index in [1.165, 1.54) is 6.20 Å². The minimum absolute atomic E-state index is 0.233. The fraction of sp³-hybridized carbons (Fsp3) is 0.231. The van der Waals surface area contributed by atoms with Crippen LogP contribution in [0.5, 0.6) is 5.75 Å². The van der Waals surface area contributed by atoms with Crippen molar-refractivity contribution >= 4 is 11.6 Å². The van der Waals surface area contributed by atoms with Crippen LogP contribution in [0.2, 0.25) is 0 Å². The molecule has 0 atom stereocenters. The molecule has 0 spiro atoms. The fourth-order valence-electron chi connectivity index (χ4n) is 1.63. The summed E-state index contributed by atoms with van der Waals surface area (Å²) < 4.78 is 7.12. The maximum absolute atomic E-state index is 12.1. The minimum Gasteiger partial charge on any atom is -0.490 e. The largest absolute Gasteiger partial charge is 0.490 e. The molecule has 19 heavy (non-hydrogen) atoms. The van der Waals surface area contributed by atoms with Gasteiger partial charge in [0.05, 0.1) is 18.2 Å². The number of nitrogens with one attached hydrogen (secondary N) is 1. The molecule has 1 aromatic heterocycles. The number of aryl methyl sites for hydroxylation is 1. The minimum atomic E-state index is -0.233. The first-order chi connectivity index (χ1) is 9.22. The van der Waals surface area contributed by atoms with Crippen molar-refractivity contribution in [3.63, 3.8) is 0 Å². The number of nitrogens with two attached hydrogens (primary N) is 1. The van der Waals surface area contributed by atoms with Crippen molar-refractivity contribution < 1.29 is 9.53 Å². The number of hydrogen-bond donors (Lipinski definition) is 2. The number of amides is 1. The van der Waals surface area contributed by atoms with E-state index in [1.807, 2.05) is 12.1 Å². The molecule has 100 valence electrons. The van der Waals surface area contributed by atoms with E-state index in [-0.39, 0.29) is 5.91 Å². The van der Waals surface area contributed by atoms with Crippen LogP contribution in [0.15, 0.2) is 36.8 Å². The number of aromatic nitrogens is 2. The van der Waals surface area contributed by atoms with Crippen LogP contribution in [0.25, 0.3) is 0 Å². The Balaban J connectivity index is 2.15. The zero-order valence-corrected chi connectivity index (χ0v) is 10.7. The van der Waals surface area contributed by atoms with Gasteiger partial charge in [-0.05, 0) is 12.1 Å². The van der Waals surface area contributed by atoms with E-state index in [0.717, 1.165) is 0 Å². The van der Waals surface area contributed by atoms with Gasteiger partial charge in [0, 0.05) is 13.6 Å². The van der Waals surface area contributed by atoms with Gasteiger partial charge in [0.2, 0.25) is 0 Å². The molecule has 0 bridgehead atoms. The maximum Gasteiger partial charge on any atom is 0.274 e. The Bertz CT molecular complexity index is 565. The maximum atomic E-state index is 12.1. The highest BCUT2D eigenvalue weighted by molar-refractivity contribution is 6.03. The van der Waals surface area contributed by atoms with Crippen molar-refractivity contribution in [3.05, 3.63) is 42.5 Å². The molecular formula is C13H16N4O2. The average Bonchev–Trinajstić information content (AvgIpc) is 2.84. The number of imidazole rings is 1. The lowest BCUT2D eigenvalue weighted by Gasteiger charge is -2.11. The standard InChI is InChI=1S/C13H16N4O2/c1-17-9-15-8-11(17)13(18)16-10-4-2-3-5-12(10)19-7-6-14/h2-5,8-9H,6-7,14H2,1H3,(H,16,18). The van der Waals surface area contributed by atoms with Gasteiger partial charge in [0.15, 0.2) is 0 Å². The first-order valence-electron chi connectivity index (χ1n) is 5.92. The lowest BCUT2D eigenvalue weighted by Crippen LogP contribution is -2.17. The Morgan fingerprint density at radius 3 is 2.95 bits per heavy atom. The molecule has 0 saturated heterocycles. The van der Waals surface area contributed by atoms with Crippen LogP contribution in [0, 0.1) is 0 Å². The number of carbonyl (C=O) groups excluding carboxylic acids is 1. The van der Waals surface area contributed by atoms with Gasteiger partial charge in [-0.1, -0.05) is 12.1 Å². The number of rotatable bonds is 5. The smallest absolute Gasteiger partial charge is 0.274 e. The summed E-state index contributed by atoms with van der Waals surface area (Å²) in [4.78, 5) is 16.0. The highest BCUT2D eigenvalue weighted by Crippen LogP contribution is 2.24. The van der Waals surface area contributed by atoms with Gasteiger partial charge in [0.1, 0.15) is 18.1 Å². The second-order valence-electron chi connectivity index (χ2n) is 3.98. The van der Waals surface area contributed by atoms with Crippen molar-refractivity contribution in [2.24, 2.45) is 12.8 Å². The molecule has 2 aromatic rings. The third kappa shape index (κ3) is 3.11. The summed E-state index contributed by atoms with van der Waals surface area (Å²) in [5, 5.41) is 2.80. The molecule has 0 aliphatic rings. The van der Waals surface area contributed by atoms with E-state index >= 15 is 0 Å². The summed E-state index contributed by atoms with van der Waals surface area (Å²) in [5.41, 5.74) is 6.49. The lowest BCUT2D eigenvalue weighted by molar-refractivity contribution is 0.101. The Morgan fingerprint density at radius 2 is 2.26 bits per heavy atom. The summed E-state index contributed by atoms with van der Waals surface area (Å²) in [6.07, 6.45) is 3.09. The monoisotopic (exact) mass is 260 g/mol. The number of para-hydroxylation sites is 2. The number of nitrogens with zero attached hydrogens (tertiary/aromatic N) is 2. The van der Waals surface area contributed by atoms with E-state index in [4.69, 9.17) is 10.5 Å². The van der Waals surface area contributed by atoms with Gasteiger partial charge in [-0.3, -0.25) is 4.79 Å². The summed E-state index contributed by atoms with van der Waals surface area (Å²) in [6, 6.07) is 7.23. The third-order valence-corrected chi connectivity index (χ3v) is 2.56. The average molecular weight is 260 g/mol. The molecule has 0 fully saturated rings. The van der Waals surface area contributed by atoms with Crippen LogP contribution in [-0.4, -0.2) is 28.6 Å². The summed E-state index contributed by atoms with van der Waals surface area (Å²) in [7, 11) is 1.76. The van der Waals surface area contributed by atoms with Gasteiger partial charge in [-0.15, -0.1) is 0 Å². The van der Waals surface area contributed by atoms with Crippen LogP contribution in [-0.2, 0) is 7.05 Å². The first kappa shape index (κ1) is 13.1. The third-order valence-electron chi connectivity index (χ3n) is 2.56. The molecule has 2 rings (SSSR count). The predicted molar refractivity (Wildman–Crippen MR) is 72.2 cm³/mol. The van der Waals surface area contributed by atoms with Crippen molar-refractivity contribution in [2.75, 3.05) is 18.5 Å². The van der Waals surface area contributed by atoms with Crippen LogP contribution in [0.1, 0.15) is 10.5 Å². The number of anilines is 1. The topological polar surface area (TPSA) is 82.2 Å². The fourth-order valence-corrected chi connectivity index (χ4v) is 1.63. The highest BCUT2D eigenvalue weighted by atomic mass is 16.5. The molecule has 0 aliphatic heterocycles. The Labute approximate surface area is 111 Å². The zero-order valence-electron chi connectivity index (χ0n) is 10.7. The molecule has 0 radical (unpaired) electrons. The molecular weight excluding hydrogens is 244 g/mol. The summed E-state index contributed by atoms with van der Waals surface area (Å²) >= 11 is 0. The van der Waals surface area contributed by atoms with Crippen LogP contribution < -0.4 is 15.8 Å². The Hall–Kier alpha value is -2.34. The van der Waals surface area contributed by atoms with E-state index in [9.17, 15) is 4.79 Å². The predicted octanol–water partition coefficient (Wildman–Crippen LogP) is 1.01. The lowest BCUT2D eigenvalue weighted by atomic mass is 10.3. The summed E-state index contributed by atoms with van der Waals surface area (Å²) in [6.45, 7) is 0.822. The number of ether oxygens (including phenoxy) is 1. The van der Waals surface area contributed by atoms with E-state index < -0.39 is 0 Å². The van der Waals surface area contributed by atoms with Crippen molar-refractivity contribution in [1.29, 1.82) is 0 Å². The van der Waals surface area contributed by atoms with E-state index in [1.54, 1.807) is 30.1 Å². The van der Waals surface area contributed by atoms with Gasteiger partial charge >= 0.3 is 0 Å². The molecule has 1 aromatic carbocycles. The van der Waals surface area contributed by atoms with Gasteiger partial charge in [0.25, 0.3) is 5.91 Å². The first-order valence-corrected chi connectivity index (χ1v) is 5.92. The normalized spacial score (nSPS) is 10.2. The zero-order chi connectivity index (χ0) is 13.7. The molecule has 1 heterocycles. The molecule has 6 heteroatoms. The molecule has 1 amide bonds. The van der Waals surface area contributed by atoms with Crippen molar-refractivity contribution in [3.8, 4) is 5.75 Å². The number of benzene rings is 1. The van der Waals surface area contributed by atoms with Crippen molar-refractivity contribution in [1.82, 2.24) is 9.55 Å². The highest BCUT2D eigenvalue weighted by Gasteiger charge is 2.12. The van der Waals surface area contributed by atoms with Gasteiger partial charge < -0.3 is 20.4 Å². The quantitative estimate of drug-likeness (QED) is 0.840. The Morgan fingerprint density at radius 1 is 1.47 bits per heavy atom. The van der Waals surface area contributed by atoms with Gasteiger partial charge in [-0.2, -0.15) is 0 Å². The summed E-state index contributed by atoms with van der Waals surface area (Å²) in [5.74, 6) is 0.368. The van der Waals surface area contributed by atoms with Crippen LogP contribution in [0.3, 0.4) is 0 Å². The Kier molecular flexibility index (Phi) is 4.15. The molecule has 0 unspecified atom stereocenters. The molecule has 3 N–H and O–H groups in total. The SMILES string of the molecule is Cn1cncc1C(=O)Nc1ccccc1OCCN.